The van der Waals surface area contributed by atoms with Crippen LogP contribution >= 0.6 is 11.8 Å². The normalized spacial score (nSPS) is 21.8. The first kappa shape index (κ1) is 28.1. The quantitative estimate of drug-likeness (QED) is 0.141. The van der Waals surface area contributed by atoms with E-state index >= 15 is 0 Å². The Hall–Kier alpha value is -4.39. The third-order valence-corrected chi connectivity index (χ3v) is 8.31. The second-order valence-electron chi connectivity index (χ2n) is 9.78. The van der Waals surface area contributed by atoms with E-state index in [0.29, 0.717) is 24.9 Å². The highest BCUT2D eigenvalue weighted by Gasteiger charge is 2.60. The van der Waals surface area contributed by atoms with Crippen LogP contribution in [-0.4, -0.2) is 62.7 Å². The summed E-state index contributed by atoms with van der Waals surface area (Å²) in [6, 6.07) is 14.3. The minimum Gasteiger partial charge on any atom is -0.459 e. The zero-order valence-electron chi connectivity index (χ0n) is 22.0. The summed E-state index contributed by atoms with van der Waals surface area (Å²) in [5.41, 5.74) is 1.37. The molecule has 4 atom stereocenters. The second-order valence-corrected chi connectivity index (χ2v) is 10.8. The highest BCUT2D eigenvalue weighted by atomic mass is 32.2. The molecular formula is C28H27N3O9S. The molecule has 214 valence electrons. The molecule has 13 heteroatoms. The lowest BCUT2D eigenvalue weighted by Gasteiger charge is -2.47. The maximum Gasteiger partial charge on any atom is 0.410 e. The Labute approximate surface area is 239 Å². The molecule has 0 N–H and O–H groups in total. The van der Waals surface area contributed by atoms with E-state index in [1.165, 1.54) is 58.2 Å². The van der Waals surface area contributed by atoms with Gasteiger partial charge in [-0.1, -0.05) is 30.3 Å². The summed E-state index contributed by atoms with van der Waals surface area (Å²) in [4.78, 5) is 64.4. The Morgan fingerprint density at radius 2 is 1.73 bits per heavy atom. The smallest absolute Gasteiger partial charge is 0.410 e. The van der Waals surface area contributed by atoms with Crippen LogP contribution in [0, 0.1) is 16.0 Å². The Balaban J connectivity index is 1.22. The van der Waals surface area contributed by atoms with E-state index in [1.807, 2.05) is 30.3 Å². The second kappa shape index (κ2) is 12.0. The molecule has 12 nitrogen and oxygen atoms in total. The van der Waals surface area contributed by atoms with Crippen LogP contribution in [-0.2, 0) is 41.8 Å². The lowest BCUT2D eigenvalue weighted by atomic mass is 9.86. The van der Waals surface area contributed by atoms with Crippen LogP contribution in [0.2, 0.25) is 0 Å². The molecule has 2 aromatic rings. The summed E-state index contributed by atoms with van der Waals surface area (Å²) >= 11 is 1.24. The van der Waals surface area contributed by atoms with Gasteiger partial charge in [0, 0.05) is 31.0 Å². The molecule has 3 unspecified atom stereocenters. The van der Waals surface area contributed by atoms with Gasteiger partial charge in [0.05, 0.1) is 11.0 Å². The molecule has 3 heterocycles. The van der Waals surface area contributed by atoms with Crippen molar-refractivity contribution in [3.63, 3.8) is 0 Å². The molecule has 2 aromatic carbocycles. The maximum absolute atomic E-state index is 13.4. The Kier molecular flexibility index (Phi) is 8.24. The minimum atomic E-state index is -0.913. The average Bonchev–Trinajstić information content (AvgIpc) is 3.60. The number of nitro groups is 1. The number of thioether (sulfide) groups is 1. The molecule has 0 aliphatic carbocycles. The molecule has 0 spiro atoms. The summed E-state index contributed by atoms with van der Waals surface area (Å²) < 4.78 is 16.5. The molecule has 2 amide bonds. The van der Waals surface area contributed by atoms with E-state index in [2.05, 4.69) is 0 Å². The zero-order valence-corrected chi connectivity index (χ0v) is 22.9. The molecule has 41 heavy (non-hydrogen) atoms. The predicted octanol–water partition coefficient (Wildman–Crippen LogP) is 3.74. The fraction of sp³-hybridized carbons (Fsp3) is 0.357. The van der Waals surface area contributed by atoms with E-state index in [0.717, 1.165) is 5.56 Å². The van der Waals surface area contributed by atoms with Crippen molar-refractivity contribution in [1.29, 1.82) is 0 Å². The monoisotopic (exact) mass is 581 g/mol. The standard InChI is InChI=1S/C28H27N3O9S/c1-17(32)40-24(21-8-5-13-29(21)28(35)39-15-18-6-3-2-4-7-18)23-25(33)30-22(16-41-26(23)30)27(34)38-14-19-9-11-20(12-10-19)31(36)37/h2-4,6-7,9-12,16,21,23-24,26H,5,8,13-15H2,1H3/t21?,23?,24?,26-/m1/s1. The van der Waals surface area contributed by atoms with Crippen molar-refractivity contribution < 1.29 is 38.3 Å². The van der Waals surface area contributed by atoms with Gasteiger partial charge in [-0.2, -0.15) is 0 Å². The largest absolute Gasteiger partial charge is 0.459 e. The van der Waals surface area contributed by atoms with Gasteiger partial charge in [0.15, 0.2) is 0 Å². The number of β-lactam (4-membered cyclic amide) rings is 1. The molecule has 2 saturated heterocycles. The molecule has 5 rings (SSSR count). The predicted molar refractivity (Wildman–Crippen MR) is 145 cm³/mol. The number of non-ortho nitro benzene ring substituents is 1. The van der Waals surface area contributed by atoms with Crippen LogP contribution in [0.25, 0.3) is 0 Å². The molecule has 0 aromatic heterocycles. The van der Waals surface area contributed by atoms with E-state index in [4.69, 9.17) is 14.2 Å². The summed E-state index contributed by atoms with van der Waals surface area (Å²) in [5, 5.41) is 11.9. The number of likely N-dealkylation sites (tertiary alicyclic amines) is 1. The first-order valence-electron chi connectivity index (χ1n) is 13.0. The third-order valence-electron chi connectivity index (χ3n) is 7.16. The Morgan fingerprint density at radius 3 is 2.41 bits per heavy atom. The van der Waals surface area contributed by atoms with Gasteiger partial charge in [-0.15, -0.1) is 11.8 Å². The van der Waals surface area contributed by atoms with Crippen molar-refractivity contribution in [3.05, 3.63) is 86.9 Å². The van der Waals surface area contributed by atoms with Crippen molar-refractivity contribution in [2.24, 2.45) is 5.92 Å². The van der Waals surface area contributed by atoms with Gasteiger partial charge in [0.2, 0.25) is 5.91 Å². The van der Waals surface area contributed by atoms with Crippen LogP contribution in [0.15, 0.2) is 65.7 Å². The SMILES string of the molecule is CC(=O)OC(C1C(=O)N2C(C(=O)OCc3ccc([N+](=O)[O-])cc3)=CS[C@H]12)C1CCCN1C(=O)OCc1ccccc1. The van der Waals surface area contributed by atoms with Gasteiger partial charge >= 0.3 is 18.0 Å². The van der Waals surface area contributed by atoms with E-state index < -0.39 is 52.3 Å². The summed E-state index contributed by atoms with van der Waals surface area (Å²) in [6.07, 6.45) is -0.282. The van der Waals surface area contributed by atoms with Crippen LogP contribution in [0.5, 0.6) is 0 Å². The van der Waals surface area contributed by atoms with Crippen molar-refractivity contribution in [1.82, 2.24) is 9.80 Å². The highest BCUT2D eigenvalue weighted by molar-refractivity contribution is 8.03. The number of amides is 2. The molecule has 0 saturated carbocycles. The lowest BCUT2D eigenvalue weighted by molar-refractivity contribution is -0.384. The van der Waals surface area contributed by atoms with Crippen molar-refractivity contribution in [2.45, 2.75) is 50.5 Å². The van der Waals surface area contributed by atoms with Gasteiger partial charge in [0.25, 0.3) is 5.69 Å². The zero-order chi connectivity index (χ0) is 29.1. The number of nitrogens with zero attached hydrogens (tertiary/aromatic N) is 3. The Bertz CT molecular complexity index is 1380. The highest BCUT2D eigenvalue weighted by Crippen LogP contribution is 2.48. The van der Waals surface area contributed by atoms with E-state index in [1.54, 1.807) is 0 Å². The molecule has 0 radical (unpaired) electrons. The number of fused-ring (bicyclic) bond motifs is 1. The van der Waals surface area contributed by atoms with Gasteiger partial charge in [-0.3, -0.25) is 24.6 Å². The van der Waals surface area contributed by atoms with Crippen molar-refractivity contribution in [2.75, 3.05) is 6.54 Å². The first-order chi connectivity index (χ1) is 19.7. The van der Waals surface area contributed by atoms with Crippen LogP contribution in [0.3, 0.4) is 0 Å². The molecule has 0 bridgehead atoms. The topological polar surface area (TPSA) is 146 Å². The van der Waals surface area contributed by atoms with Crippen molar-refractivity contribution >= 4 is 41.4 Å². The number of hydrogen-bond acceptors (Lipinski definition) is 10. The van der Waals surface area contributed by atoms with E-state index in [-0.39, 0.29) is 24.6 Å². The van der Waals surface area contributed by atoms with Gasteiger partial charge in [-0.25, -0.2) is 9.59 Å². The summed E-state index contributed by atoms with van der Waals surface area (Å²) in [7, 11) is 0. The third kappa shape index (κ3) is 5.89. The van der Waals surface area contributed by atoms with Crippen LogP contribution in [0.1, 0.15) is 30.9 Å². The number of esters is 2. The van der Waals surface area contributed by atoms with Crippen LogP contribution < -0.4 is 0 Å². The fourth-order valence-corrected chi connectivity index (χ4v) is 6.47. The Morgan fingerprint density at radius 1 is 1.05 bits per heavy atom. The number of nitro benzene ring substituents is 1. The molecule has 3 aliphatic heterocycles. The summed E-state index contributed by atoms with van der Waals surface area (Å²) in [6.45, 7) is 1.61. The van der Waals surface area contributed by atoms with Gasteiger partial charge < -0.3 is 19.1 Å². The number of carbonyl (C=O) groups excluding carboxylic acids is 4. The fourth-order valence-electron chi connectivity index (χ4n) is 5.21. The molecule has 2 fully saturated rings. The summed E-state index contributed by atoms with van der Waals surface area (Å²) in [5.74, 6) is -2.48. The van der Waals surface area contributed by atoms with Crippen LogP contribution in [0.4, 0.5) is 10.5 Å². The molecule has 3 aliphatic rings. The van der Waals surface area contributed by atoms with Crippen molar-refractivity contribution in [3.8, 4) is 0 Å². The van der Waals surface area contributed by atoms with Gasteiger partial charge in [-0.05, 0) is 36.1 Å². The average molecular weight is 582 g/mol. The number of rotatable bonds is 9. The number of hydrogen-bond donors (Lipinski definition) is 0. The number of ether oxygens (including phenoxy) is 3. The van der Waals surface area contributed by atoms with E-state index in [9.17, 15) is 29.3 Å². The lowest BCUT2D eigenvalue weighted by Crippen LogP contribution is -2.65. The maximum atomic E-state index is 13.4. The first-order valence-corrected chi connectivity index (χ1v) is 13.9. The minimum absolute atomic E-state index is 0.0651. The molecular weight excluding hydrogens is 554 g/mol. The number of carbonyl (C=O) groups is 4. The van der Waals surface area contributed by atoms with Gasteiger partial charge in [0.1, 0.15) is 36.3 Å². The number of benzene rings is 2.